The molecular weight excluding hydrogens is 524 g/mol. The number of amides is 1. The van der Waals surface area contributed by atoms with Crippen LogP contribution in [0.4, 0.5) is 0 Å². The number of benzene rings is 1. The van der Waals surface area contributed by atoms with Gasteiger partial charge in [0.15, 0.2) is 5.76 Å². The van der Waals surface area contributed by atoms with Gasteiger partial charge < -0.3 is 38.3 Å². The van der Waals surface area contributed by atoms with Crippen molar-refractivity contribution in [1.29, 1.82) is 0 Å². The van der Waals surface area contributed by atoms with E-state index in [-0.39, 0.29) is 24.3 Å². The third-order valence-corrected chi connectivity index (χ3v) is 8.66. The van der Waals surface area contributed by atoms with E-state index in [0.717, 1.165) is 42.5 Å². The Morgan fingerprint density at radius 3 is 2.51 bits per heavy atom. The topological polar surface area (TPSA) is 93.8 Å². The van der Waals surface area contributed by atoms with Gasteiger partial charge in [-0.2, -0.15) is 0 Å². The predicted molar refractivity (Wildman–Crippen MR) is 155 cm³/mol. The summed E-state index contributed by atoms with van der Waals surface area (Å²) in [6.07, 6.45) is 9.80. The highest BCUT2D eigenvalue weighted by Crippen LogP contribution is 2.42. The maximum atomic E-state index is 13.8. The fourth-order valence-corrected chi connectivity index (χ4v) is 6.52. The van der Waals surface area contributed by atoms with Gasteiger partial charge in [0.25, 0.3) is 5.91 Å². The Hall–Kier alpha value is -2.43. The SMILES string of the molecule is CCO[C@@H]1OC(C(=O)N2CCC(N3CCCCC3)CC2)=C[C@H](c2coc3ccccc23)[C@H]1CCOCCOCCO. The molecule has 0 radical (unpaired) electrons. The van der Waals surface area contributed by atoms with Crippen LogP contribution in [0.5, 0.6) is 0 Å². The van der Waals surface area contributed by atoms with Gasteiger partial charge in [-0.1, -0.05) is 24.6 Å². The molecule has 0 unspecified atom stereocenters. The summed E-state index contributed by atoms with van der Waals surface area (Å²) in [5, 5.41) is 9.92. The second kappa shape index (κ2) is 15.2. The Morgan fingerprint density at radius 1 is 1.00 bits per heavy atom. The third kappa shape index (κ3) is 7.51. The van der Waals surface area contributed by atoms with Gasteiger partial charge in [-0.25, -0.2) is 0 Å². The minimum absolute atomic E-state index is 0.000368. The van der Waals surface area contributed by atoms with Crippen LogP contribution < -0.4 is 0 Å². The first-order valence-corrected chi connectivity index (χ1v) is 15.5. The van der Waals surface area contributed by atoms with Crippen molar-refractivity contribution in [2.24, 2.45) is 5.92 Å². The second-order valence-corrected chi connectivity index (χ2v) is 11.2. The first-order chi connectivity index (χ1) is 20.2. The van der Waals surface area contributed by atoms with E-state index in [2.05, 4.69) is 11.0 Å². The van der Waals surface area contributed by atoms with Crippen LogP contribution in [0.15, 0.2) is 46.8 Å². The lowest BCUT2D eigenvalue weighted by Gasteiger charge is -2.41. The second-order valence-electron chi connectivity index (χ2n) is 11.2. The highest BCUT2D eigenvalue weighted by atomic mass is 16.7. The van der Waals surface area contributed by atoms with Crippen molar-refractivity contribution in [3.05, 3.63) is 47.9 Å². The Labute approximate surface area is 243 Å². The van der Waals surface area contributed by atoms with Crippen molar-refractivity contribution >= 4 is 16.9 Å². The number of fused-ring (bicyclic) bond motifs is 1. The van der Waals surface area contributed by atoms with Gasteiger partial charge in [0.05, 0.1) is 32.7 Å². The number of aliphatic hydroxyl groups excluding tert-OH is 1. The molecule has 9 nitrogen and oxygen atoms in total. The highest BCUT2D eigenvalue weighted by molar-refractivity contribution is 5.92. The number of carbonyl (C=O) groups excluding carboxylic acids is 1. The third-order valence-electron chi connectivity index (χ3n) is 8.66. The number of carbonyl (C=O) groups is 1. The average Bonchev–Trinajstić information content (AvgIpc) is 3.45. The van der Waals surface area contributed by atoms with Crippen LogP contribution in [0.3, 0.4) is 0 Å². The molecule has 1 aromatic heterocycles. The van der Waals surface area contributed by atoms with Gasteiger partial charge in [-0.05, 0) is 64.3 Å². The molecule has 41 heavy (non-hydrogen) atoms. The minimum atomic E-state index is -0.581. The summed E-state index contributed by atoms with van der Waals surface area (Å²) in [6.45, 7) is 7.95. The normalized spacial score (nSPS) is 24.4. The molecule has 5 rings (SSSR count). The average molecular weight is 571 g/mol. The summed E-state index contributed by atoms with van der Waals surface area (Å²) in [5.74, 6) is 0.101. The smallest absolute Gasteiger partial charge is 0.288 e. The van der Waals surface area contributed by atoms with Crippen LogP contribution in [0.25, 0.3) is 11.0 Å². The monoisotopic (exact) mass is 570 g/mol. The summed E-state index contributed by atoms with van der Waals surface area (Å²) in [5.41, 5.74) is 1.85. The lowest BCUT2D eigenvalue weighted by Crippen LogP contribution is -2.49. The van der Waals surface area contributed by atoms with Crippen molar-refractivity contribution in [2.45, 2.75) is 63.7 Å². The maximum Gasteiger partial charge on any atom is 0.288 e. The quantitative estimate of drug-likeness (QED) is 0.357. The van der Waals surface area contributed by atoms with Gasteiger partial charge >= 0.3 is 0 Å². The van der Waals surface area contributed by atoms with Crippen LogP contribution in [0, 0.1) is 5.92 Å². The van der Waals surface area contributed by atoms with E-state index in [1.165, 1.54) is 32.4 Å². The molecule has 2 fully saturated rings. The molecule has 4 heterocycles. The van der Waals surface area contributed by atoms with Crippen LogP contribution >= 0.6 is 0 Å². The molecule has 3 atom stereocenters. The standard InChI is InChI=1S/C32H46N2O7/c1-2-39-32-26(12-18-37-20-21-38-19-17-35)27(28-23-40-29-9-5-4-8-25(28)29)22-30(41-32)31(36)34-15-10-24(11-16-34)33-13-6-3-7-14-33/h4-5,8-9,22-24,26-27,32,35H,2-3,6-7,10-21H2,1H3/t26-,27+,32-/m1/s1. The number of rotatable bonds is 13. The maximum absolute atomic E-state index is 13.8. The number of likely N-dealkylation sites (tertiary alicyclic amines) is 2. The van der Waals surface area contributed by atoms with E-state index in [1.54, 1.807) is 0 Å². The van der Waals surface area contributed by atoms with Crippen LogP contribution in [0.2, 0.25) is 0 Å². The van der Waals surface area contributed by atoms with Crippen LogP contribution in [-0.4, -0.2) is 99.0 Å². The summed E-state index contributed by atoms with van der Waals surface area (Å²) in [6, 6.07) is 8.57. The highest BCUT2D eigenvalue weighted by Gasteiger charge is 2.40. The molecule has 3 aliphatic rings. The zero-order valence-corrected chi connectivity index (χ0v) is 24.4. The molecule has 1 aromatic carbocycles. The first-order valence-electron chi connectivity index (χ1n) is 15.5. The number of para-hydroxylation sites is 1. The zero-order chi connectivity index (χ0) is 28.4. The largest absolute Gasteiger partial charge is 0.464 e. The van der Waals surface area contributed by atoms with Gasteiger partial charge in [0.2, 0.25) is 6.29 Å². The molecule has 226 valence electrons. The molecule has 0 aliphatic carbocycles. The van der Waals surface area contributed by atoms with Crippen molar-refractivity contribution in [1.82, 2.24) is 9.80 Å². The number of ether oxygens (including phenoxy) is 4. The molecule has 1 N–H and O–H groups in total. The number of allylic oxidation sites excluding steroid dienone is 1. The van der Waals surface area contributed by atoms with Crippen molar-refractivity contribution < 1.29 is 33.3 Å². The molecule has 0 bridgehead atoms. The van der Waals surface area contributed by atoms with Crippen LogP contribution in [0.1, 0.15) is 56.9 Å². The number of hydrogen-bond donors (Lipinski definition) is 1. The van der Waals surface area contributed by atoms with Crippen LogP contribution in [-0.2, 0) is 23.7 Å². The van der Waals surface area contributed by atoms with E-state index in [1.807, 2.05) is 42.4 Å². The molecular formula is C32H46N2O7. The van der Waals surface area contributed by atoms with E-state index in [4.69, 9.17) is 28.5 Å². The Bertz CT molecular complexity index is 1120. The lowest BCUT2D eigenvalue weighted by molar-refractivity contribution is -0.172. The molecule has 1 amide bonds. The summed E-state index contributed by atoms with van der Waals surface area (Å²) >= 11 is 0. The van der Waals surface area contributed by atoms with E-state index in [0.29, 0.717) is 51.3 Å². The molecule has 2 aromatic rings. The van der Waals surface area contributed by atoms with Crippen molar-refractivity contribution in [3.63, 3.8) is 0 Å². The zero-order valence-electron chi connectivity index (χ0n) is 24.4. The number of nitrogens with zero attached hydrogens (tertiary/aromatic N) is 2. The first kappa shape index (κ1) is 30.0. The predicted octanol–water partition coefficient (Wildman–Crippen LogP) is 4.30. The lowest BCUT2D eigenvalue weighted by atomic mass is 9.81. The molecule has 3 aliphatic heterocycles. The Morgan fingerprint density at radius 2 is 1.76 bits per heavy atom. The van der Waals surface area contributed by atoms with E-state index in [9.17, 15) is 4.79 Å². The van der Waals surface area contributed by atoms with E-state index >= 15 is 0 Å². The van der Waals surface area contributed by atoms with Gasteiger partial charge in [0, 0.05) is 55.1 Å². The minimum Gasteiger partial charge on any atom is -0.464 e. The molecule has 2 saturated heterocycles. The van der Waals surface area contributed by atoms with Gasteiger partial charge in [-0.15, -0.1) is 0 Å². The molecule has 9 heteroatoms. The van der Waals surface area contributed by atoms with Gasteiger partial charge in [-0.3, -0.25) is 4.79 Å². The number of hydrogen-bond acceptors (Lipinski definition) is 8. The fraction of sp³-hybridized carbons (Fsp3) is 0.656. The summed E-state index contributed by atoms with van der Waals surface area (Å²) < 4.78 is 29.6. The van der Waals surface area contributed by atoms with E-state index < -0.39 is 6.29 Å². The fourth-order valence-electron chi connectivity index (χ4n) is 6.52. The van der Waals surface area contributed by atoms with Gasteiger partial charge in [0.1, 0.15) is 5.58 Å². The summed E-state index contributed by atoms with van der Waals surface area (Å²) in [4.78, 5) is 18.4. The van der Waals surface area contributed by atoms with Crippen molar-refractivity contribution in [3.8, 4) is 0 Å². The number of piperidine rings is 2. The molecule has 0 spiro atoms. The number of furan rings is 1. The Kier molecular flexibility index (Phi) is 11.1. The molecule has 0 saturated carbocycles. The summed E-state index contributed by atoms with van der Waals surface area (Å²) in [7, 11) is 0. The number of aliphatic hydroxyl groups is 1. The Balaban J connectivity index is 1.32. The van der Waals surface area contributed by atoms with Crippen molar-refractivity contribution in [2.75, 3.05) is 65.8 Å².